The van der Waals surface area contributed by atoms with Gasteiger partial charge < -0.3 is 0 Å². The second-order valence-electron chi connectivity index (χ2n) is 3.79. The van der Waals surface area contributed by atoms with E-state index >= 15 is 0 Å². The van der Waals surface area contributed by atoms with Gasteiger partial charge in [-0.2, -0.15) is 0 Å². The molecule has 6 heteroatoms. The molecular formula is C11H9BrN2OS2. The molecule has 0 radical (unpaired) electrons. The highest BCUT2D eigenvalue weighted by molar-refractivity contribution is 9.10. The molecule has 1 amide bonds. The van der Waals surface area contributed by atoms with Crippen LogP contribution in [0.15, 0.2) is 15.9 Å². The minimum absolute atomic E-state index is 0.0840. The number of nitrogens with one attached hydrogen (secondary N) is 1. The number of carbonyl (C=O) groups excluding carboxylic acids is 1. The van der Waals surface area contributed by atoms with E-state index in [2.05, 4.69) is 26.2 Å². The molecule has 0 unspecified atom stereocenters. The maximum Gasteiger partial charge on any atom is 0.268 e. The number of aryl methyl sites for hydroxylation is 2. The first kappa shape index (κ1) is 11.4. The van der Waals surface area contributed by atoms with Gasteiger partial charge in [0.25, 0.3) is 5.91 Å². The first-order valence-corrected chi connectivity index (χ1v) is 7.76. The predicted molar refractivity (Wildman–Crippen MR) is 74.1 cm³/mol. The summed E-state index contributed by atoms with van der Waals surface area (Å²) in [5, 5.41) is 5.48. The number of anilines is 1. The van der Waals surface area contributed by atoms with Crippen LogP contribution in [0.2, 0.25) is 0 Å². The van der Waals surface area contributed by atoms with Crippen LogP contribution in [0, 0.1) is 0 Å². The van der Waals surface area contributed by atoms with Crippen LogP contribution in [0.1, 0.15) is 26.7 Å². The Morgan fingerprint density at radius 1 is 1.47 bits per heavy atom. The van der Waals surface area contributed by atoms with Crippen molar-refractivity contribution in [1.82, 2.24) is 4.98 Å². The Kier molecular flexibility index (Phi) is 3.02. The summed E-state index contributed by atoms with van der Waals surface area (Å²) >= 11 is 6.38. The fourth-order valence-corrected chi connectivity index (χ4v) is 4.34. The SMILES string of the molecule is O=C(Nc1nc2c(s1)CCC2)c1sccc1Br. The molecule has 1 aliphatic rings. The summed E-state index contributed by atoms with van der Waals surface area (Å²) in [6.45, 7) is 0. The summed E-state index contributed by atoms with van der Waals surface area (Å²) in [4.78, 5) is 18.4. The number of aromatic nitrogens is 1. The number of rotatable bonds is 2. The Labute approximate surface area is 115 Å². The number of halogens is 1. The van der Waals surface area contributed by atoms with Crippen molar-refractivity contribution < 1.29 is 4.79 Å². The maximum absolute atomic E-state index is 12.0. The fourth-order valence-electron chi connectivity index (χ4n) is 1.85. The normalized spacial score (nSPS) is 13.7. The highest BCUT2D eigenvalue weighted by atomic mass is 79.9. The number of fused-ring (bicyclic) bond motifs is 1. The van der Waals surface area contributed by atoms with Crippen molar-refractivity contribution >= 4 is 49.6 Å². The van der Waals surface area contributed by atoms with E-state index in [1.807, 2.05) is 11.4 Å². The molecule has 1 N–H and O–H groups in total. The van der Waals surface area contributed by atoms with Gasteiger partial charge in [0.2, 0.25) is 0 Å². The number of carbonyl (C=O) groups is 1. The lowest BCUT2D eigenvalue weighted by molar-refractivity contribution is 0.103. The molecule has 0 saturated carbocycles. The Bertz CT molecular complexity index is 554. The van der Waals surface area contributed by atoms with Crippen LogP contribution >= 0.6 is 38.6 Å². The standard InChI is InChI=1S/C11H9BrN2OS2/c12-6-4-5-16-9(6)10(15)14-11-13-7-2-1-3-8(7)17-11/h4-5H,1-3H2,(H,13,14,15). The van der Waals surface area contributed by atoms with Crippen LogP contribution in [0.5, 0.6) is 0 Å². The Morgan fingerprint density at radius 3 is 3.06 bits per heavy atom. The van der Waals surface area contributed by atoms with Crippen molar-refractivity contribution in [3.63, 3.8) is 0 Å². The zero-order valence-corrected chi connectivity index (χ0v) is 12.0. The van der Waals surface area contributed by atoms with Gasteiger partial charge in [-0.15, -0.1) is 22.7 Å². The Morgan fingerprint density at radius 2 is 2.35 bits per heavy atom. The van der Waals surface area contributed by atoms with E-state index in [9.17, 15) is 4.79 Å². The highest BCUT2D eigenvalue weighted by Crippen LogP contribution is 2.31. The quantitative estimate of drug-likeness (QED) is 0.913. The summed E-state index contributed by atoms with van der Waals surface area (Å²) in [7, 11) is 0. The van der Waals surface area contributed by atoms with Crippen LogP contribution in [-0.2, 0) is 12.8 Å². The Hall–Kier alpha value is -0.720. The molecule has 0 atom stereocenters. The zero-order chi connectivity index (χ0) is 11.8. The molecule has 0 spiro atoms. The lowest BCUT2D eigenvalue weighted by atomic mass is 10.4. The molecule has 2 aromatic rings. The van der Waals surface area contributed by atoms with Gasteiger partial charge in [-0.25, -0.2) is 4.98 Å². The summed E-state index contributed by atoms with van der Waals surface area (Å²) in [5.41, 5.74) is 1.16. The first-order valence-electron chi connectivity index (χ1n) is 5.27. The van der Waals surface area contributed by atoms with E-state index in [4.69, 9.17) is 0 Å². The van der Waals surface area contributed by atoms with Crippen LogP contribution < -0.4 is 5.32 Å². The van der Waals surface area contributed by atoms with Crippen molar-refractivity contribution in [1.29, 1.82) is 0 Å². The third-order valence-electron chi connectivity index (χ3n) is 2.64. The van der Waals surface area contributed by atoms with Crippen molar-refractivity contribution in [2.45, 2.75) is 19.3 Å². The summed E-state index contributed by atoms with van der Waals surface area (Å²) < 4.78 is 0.837. The molecular weight excluding hydrogens is 320 g/mol. The van der Waals surface area contributed by atoms with Crippen LogP contribution in [-0.4, -0.2) is 10.9 Å². The molecule has 17 heavy (non-hydrogen) atoms. The number of hydrogen-bond acceptors (Lipinski definition) is 4. The summed E-state index contributed by atoms with van der Waals surface area (Å²) in [6, 6.07) is 1.88. The van der Waals surface area contributed by atoms with E-state index in [-0.39, 0.29) is 5.91 Å². The molecule has 3 nitrogen and oxygen atoms in total. The molecule has 2 aromatic heterocycles. The molecule has 1 aliphatic carbocycles. The van der Waals surface area contributed by atoms with Gasteiger partial charge in [-0.3, -0.25) is 10.1 Å². The molecule has 88 valence electrons. The minimum atomic E-state index is -0.0840. The topological polar surface area (TPSA) is 42.0 Å². The van der Waals surface area contributed by atoms with Gasteiger partial charge in [0.1, 0.15) is 4.88 Å². The van der Waals surface area contributed by atoms with E-state index in [0.717, 1.165) is 28.1 Å². The molecule has 0 aliphatic heterocycles. The van der Waals surface area contributed by atoms with Crippen molar-refractivity contribution in [3.8, 4) is 0 Å². The average Bonchev–Trinajstić information content (AvgIpc) is 2.92. The molecule has 0 bridgehead atoms. The molecule has 3 rings (SSSR count). The number of thiazole rings is 1. The molecule has 0 saturated heterocycles. The second-order valence-corrected chi connectivity index (χ2v) is 6.65. The smallest absolute Gasteiger partial charge is 0.268 e. The van der Waals surface area contributed by atoms with Crippen molar-refractivity contribution in [2.75, 3.05) is 5.32 Å². The number of hydrogen-bond donors (Lipinski definition) is 1. The summed E-state index contributed by atoms with van der Waals surface area (Å²) in [5.74, 6) is -0.0840. The monoisotopic (exact) mass is 328 g/mol. The average molecular weight is 329 g/mol. The third kappa shape index (κ3) is 2.17. The second kappa shape index (κ2) is 4.51. The van der Waals surface area contributed by atoms with Crippen LogP contribution in [0.25, 0.3) is 0 Å². The van der Waals surface area contributed by atoms with Gasteiger partial charge in [0, 0.05) is 9.35 Å². The third-order valence-corrected chi connectivity index (χ3v) is 5.55. The largest absolute Gasteiger partial charge is 0.297 e. The zero-order valence-electron chi connectivity index (χ0n) is 8.83. The van der Waals surface area contributed by atoms with Gasteiger partial charge in [-0.05, 0) is 46.6 Å². The highest BCUT2D eigenvalue weighted by Gasteiger charge is 2.19. The number of thiophene rings is 1. The molecule has 2 heterocycles. The minimum Gasteiger partial charge on any atom is -0.297 e. The van der Waals surface area contributed by atoms with E-state index in [1.54, 1.807) is 11.3 Å². The van der Waals surface area contributed by atoms with Crippen LogP contribution in [0.3, 0.4) is 0 Å². The number of amides is 1. The lowest BCUT2D eigenvalue weighted by Crippen LogP contribution is -2.10. The van der Waals surface area contributed by atoms with E-state index in [1.165, 1.54) is 22.6 Å². The van der Waals surface area contributed by atoms with Crippen molar-refractivity contribution in [2.24, 2.45) is 0 Å². The van der Waals surface area contributed by atoms with E-state index in [0.29, 0.717) is 4.88 Å². The predicted octanol–water partition coefficient (Wildman–Crippen LogP) is 3.71. The van der Waals surface area contributed by atoms with E-state index < -0.39 is 0 Å². The van der Waals surface area contributed by atoms with Gasteiger partial charge in [-0.1, -0.05) is 0 Å². The number of nitrogens with zero attached hydrogens (tertiary/aromatic N) is 1. The van der Waals surface area contributed by atoms with Gasteiger partial charge >= 0.3 is 0 Å². The lowest BCUT2D eigenvalue weighted by Gasteiger charge is -1.99. The van der Waals surface area contributed by atoms with Crippen LogP contribution in [0.4, 0.5) is 5.13 Å². The molecule has 0 aromatic carbocycles. The summed E-state index contributed by atoms with van der Waals surface area (Å²) in [6.07, 6.45) is 3.34. The molecule has 0 fully saturated rings. The van der Waals surface area contributed by atoms with Gasteiger partial charge in [0.15, 0.2) is 5.13 Å². The first-order chi connectivity index (χ1) is 8.24. The Balaban J connectivity index is 1.79. The fraction of sp³-hybridized carbons (Fsp3) is 0.273. The maximum atomic E-state index is 12.0. The van der Waals surface area contributed by atoms with Crippen molar-refractivity contribution in [3.05, 3.63) is 31.4 Å². The van der Waals surface area contributed by atoms with Gasteiger partial charge in [0.05, 0.1) is 5.69 Å².